The maximum atomic E-state index is 14.0. The molecule has 0 unspecified atom stereocenters. The molecule has 2 aliphatic rings. The minimum absolute atomic E-state index is 0.0404. The summed E-state index contributed by atoms with van der Waals surface area (Å²) in [5, 5.41) is 13.8. The van der Waals surface area contributed by atoms with Crippen LogP contribution in [0.5, 0.6) is 0 Å². The van der Waals surface area contributed by atoms with Crippen LogP contribution >= 0.6 is 0 Å². The van der Waals surface area contributed by atoms with Gasteiger partial charge in [0.05, 0.1) is 10.5 Å². The molecule has 3 N–H and O–H groups in total. The van der Waals surface area contributed by atoms with Crippen molar-refractivity contribution < 1.29 is 26.7 Å². The van der Waals surface area contributed by atoms with Crippen LogP contribution in [-0.2, 0) is 26.7 Å². The number of halogens is 2. The number of carbonyl (C=O) groups is 1. The molecule has 0 radical (unpaired) electrons. The van der Waals surface area contributed by atoms with Crippen molar-refractivity contribution in [3.05, 3.63) is 64.9 Å². The Morgan fingerprint density at radius 1 is 1.09 bits per heavy atom. The molecule has 2 aromatic carbocycles. The van der Waals surface area contributed by atoms with Crippen LogP contribution in [0.2, 0.25) is 0 Å². The fourth-order valence-electron chi connectivity index (χ4n) is 6.01. The van der Waals surface area contributed by atoms with E-state index in [-0.39, 0.29) is 24.9 Å². The average molecular weight is 660 g/mol. The molecule has 14 heteroatoms. The van der Waals surface area contributed by atoms with Crippen molar-refractivity contribution in [1.82, 2.24) is 19.4 Å². The monoisotopic (exact) mass is 659 g/mol. The highest BCUT2D eigenvalue weighted by Crippen LogP contribution is 2.38. The number of ether oxygens (including phenoxy) is 1. The molecule has 1 fully saturated rings. The number of amides is 1. The van der Waals surface area contributed by atoms with E-state index in [2.05, 4.69) is 30.6 Å². The Kier molecular flexibility index (Phi) is 10.0. The van der Waals surface area contributed by atoms with Gasteiger partial charge in [0.25, 0.3) is 5.91 Å². The maximum absolute atomic E-state index is 14.0. The second-order valence-corrected chi connectivity index (χ2v) is 14.9. The van der Waals surface area contributed by atoms with E-state index in [0.717, 1.165) is 54.5 Å². The molecule has 2 aliphatic heterocycles. The summed E-state index contributed by atoms with van der Waals surface area (Å²) in [6.45, 7) is 6.66. The number of H-pyrrole nitrogens is 1. The lowest BCUT2D eigenvalue weighted by Crippen LogP contribution is -2.45. The number of aromatic amines is 1. The van der Waals surface area contributed by atoms with Crippen LogP contribution in [0.25, 0.3) is 0 Å². The summed E-state index contributed by atoms with van der Waals surface area (Å²) in [4.78, 5) is 17.7. The van der Waals surface area contributed by atoms with Crippen molar-refractivity contribution in [1.29, 1.82) is 0 Å². The van der Waals surface area contributed by atoms with E-state index in [0.29, 0.717) is 41.8 Å². The molecular weight excluding hydrogens is 616 g/mol. The number of aromatic nitrogens is 2. The van der Waals surface area contributed by atoms with Crippen LogP contribution in [0, 0.1) is 11.6 Å². The van der Waals surface area contributed by atoms with E-state index in [1.807, 2.05) is 47.1 Å². The Bertz CT molecular complexity index is 1650. The number of hydrogen-bond donors (Lipinski definition) is 3. The largest absolute Gasteiger partial charge is 0.381 e. The van der Waals surface area contributed by atoms with Crippen molar-refractivity contribution in [3.8, 4) is 0 Å². The first-order valence-electron chi connectivity index (χ1n) is 15.4. The van der Waals surface area contributed by atoms with Gasteiger partial charge in [0.15, 0.2) is 5.82 Å². The molecule has 250 valence electrons. The van der Waals surface area contributed by atoms with Gasteiger partial charge < -0.3 is 25.2 Å². The number of nitrogens with one attached hydrogen (secondary N) is 3. The van der Waals surface area contributed by atoms with E-state index in [9.17, 15) is 22.0 Å². The van der Waals surface area contributed by atoms with E-state index >= 15 is 0 Å². The number of carbonyl (C=O) groups excluding carboxylic acids is 1. The molecule has 3 aromatic rings. The molecule has 0 atom stereocenters. The van der Waals surface area contributed by atoms with E-state index in [1.165, 1.54) is 0 Å². The molecule has 46 heavy (non-hydrogen) atoms. The number of nitrogens with zero attached hydrogens (tertiary/aromatic N) is 4. The number of benzene rings is 2. The maximum Gasteiger partial charge on any atom is 0.258 e. The molecular formula is C32H43F2N7O4S. The zero-order valence-corrected chi connectivity index (χ0v) is 27.8. The Morgan fingerprint density at radius 2 is 1.78 bits per heavy atom. The molecule has 11 nitrogen and oxygen atoms in total. The van der Waals surface area contributed by atoms with Crippen LogP contribution in [-0.4, -0.2) is 93.8 Å². The summed E-state index contributed by atoms with van der Waals surface area (Å²) in [5.74, 6) is -2.18. The second-order valence-electron chi connectivity index (χ2n) is 13.0. The summed E-state index contributed by atoms with van der Waals surface area (Å²) < 4.78 is 61.7. The molecule has 0 bridgehead atoms. The standard InChI is InChI=1S/C32H43F2N7O4S/c1-32(2)20-41(46(43,44)25-16-21(33)15-22(34)17-25)19-27-29(32)37-38-30(27)36-31(42)26-8-7-24(40(5)12-6-11-39(3)4)18-28(26)35-23-9-13-45-14-10-23/h7-8,15-18,23,35H,6,9-14,19-20H2,1-5H3,(H2,36,37,38,42). The molecule has 0 aliphatic carbocycles. The third-order valence-electron chi connectivity index (χ3n) is 8.52. The van der Waals surface area contributed by atoms with Gasteiger partial charge in [0.2, 0.25) is 10.0 Å². The van der Waals surface area contributed by atoms with E-state index < -0.39 is 37.9 Å². The number of sulfonamides is 1. The first-order valence-corrected chi connectivity index (χ1v) is 16.9. The van der Waals surface area contributed by atoms with Crippen molar-refractivity contribution in [2.45, 2.75) is 56.0 Å². The Morgan fingerprint density at radius 3 is 2.46 bits per heavy atom. The van der Waals surface area contributed by atoms with Gasteiger partial charge in [0.1, 0.15) is 11.6 Å². The molecule has 0 saturated carbocycles. The first-order chi connectivity index (χ1) is 21.7. The number of anilines is 3. The zero-order chi connectivity index (χ0) is 33.2. The molecule has 1 aromatic heterocycles. The number of fused-ring (bicyclic) bond motifs is 1. The van der Waals surface area contributed by atoms with Gasteiger partial charge in [-0.2, -0.15) is 9.40 Å². The number of rotatable bonds is 11. The Hall–Kier alpha value is -3.59. The van der Waals surface area contributed by atoms with Crippen molar-refractivity contribution in [3.63, 3.8) is 0 Å². The lowest BCUT2D eigenvalue weighted by Gasteiger charge is -2.36. The first kappa shape index (κ1) is 33.8. The molecule has 0 spiro atoms. The summed E-state index contributed by atoms with van der Waals surface area (Å²) >= 11 is 0. The topological polar surface area (TPSA) is 123 Å². The summed E-state index contributed by atoms with van der Waals surface area (Å²) in [7, 11) is 1.84. The minimum atomic E-state index is -4.27. The van der Waals surface area contributed by atoms with Crippen LogP contribution in [0.15, 0.2) is 41.3 Å². The average Bonchev–Trinajstić information content (AvgIpc) is 3.40. The lowest BCUT2D eigenvalue weighted by molar-refractivity contribution is 0.0904. The number of hydrogen-bond acceptors (Lipinski definition) is 8. The highest BCUT2D eigenvalue weighted by Gasteiger charge is 2.41. The van der Waals surface area contributed by atoms with Crippen LogP contribution in [0.4, 0.5) is 26.0 Å². The van der Waals surface area contributed by atoms with Gasteiger partial charge in [-0.15, -0.1) is 0 Å². The lowest BCUT2D eigenvalue weighted by atomic mass is 9.84. The Balaban J connectivity index is 1.42. The SMILES string of the molecule is CN(C)CCCN(C)c1ccc(C(=O)Nc2n[nH]c3c2CN(S(=O)(=O)c2cc(F)cc(F)c2)CC3(C)C)c(NC2CCOCC2)c1. The third kappa shape index (κ3) is 7.51. The highest BCUT2D eigenvalue weighted by molar-refractivity contribution is 7.89. The van der Waals surface area contributed by atoms with Crippen molar-refractivity contribution >= 4 is 33.1 Å². The van der Waals surface area contributed by atoms with Gasteiger partial charge >= 0.3 is 0 Å². The molecule has 5 rings (SSSR count). The van der Waals surface area contributed by atoms with Gasteiger partial charge in [-0.25, -0.2) is 17.2 Å². The second kappa shape index (κ2) is 13.6. The highest BCUT2D eigenvalue weighted by atomic mass is 32.2. The van der Waals surface area contributed by atoms with E-state index in [1.54, 1.807) is 6.07 Å². The minimum Gasteiger partial charge on any atom is -0.381 e. The van der Waals surface area contributed by atoms with Crippen LogP contribution in [0.1, 0.15) is 54.7 Å². The summed E-state index contributed by atoms with van der Waals surface area (Å²) in [5.41, 5.74) is 2.50. The van der Waals surface area contributed by atoms with Gasteiger partial charge in [0, 0.05) is 80.1 Å². The predicted octanol–water partition coefficient (Wildman–Crippen LogP) is 4.40. The van der Waals surface area contributed by atoms with Crippen molar-refractivity contribution in [2.24, 2.45) is 0 Å². The van der Waals surface area contributed by atoms with Gasteiger partial charge in [-0.3, -0.25) is 9.89 Å². The zero-order valence-electron chi connectivity index (χ0n) is 27.0. The molecule has 3 heterocycles. The normalized spacial score (nSPS) is 17.1. The van der Waals surface area contributed by atoms with Gasteiger partial charge in [-0.1, -0.05) is 13.8 Å². The van der Waals surface area contributed by atoms with Gasteiger partial charge in [-0.05, 0) is 70.2 Å². The van der Waals surface area contributed by atoms with E-state index in [4.69, 9.17) is 4.74 Å². The van der Waals surface area contributed by atoms with Crippen molar-refractivity contribution in [2.75, 3.05) is 69.5 Å². The smallest absolute Gasteiger partial charge is 0.258 e. The Labute approximate surface area is 269 Å². The van der Waals surface area contributed by atoms with Crippen LogP contribution < -0.4 is 15.5 Å². The fraction of sp³-hybridized carbons (Fsp3) is 0.500. The predicted molar refractivity (Wildman–Crippen MR) is 174 cm³/mol. The molecule has 1 amide bonds. The molecule has 1 saturated heterocycles. The quantitative estimate of drug-likeness (QED) is 0.277. The fourth-order valence-corrected chi connectivity index (χ4v) is 7.62. The van der Waals surface area contributed by atoms with Crippen LogP contribution in [0.3, 0.4) is 0 Å². The third-order valence-corrected chi connectivity index (χ3v) is 10.3. The summed E-state index contributed by atoms with van der Waals surface area (Å²) in [6.07, 6.45) is 2.60. The summed E-state index contributed by atoms with van der Waals surface area (Å²) in [6, 6.07) is 8.05.